The molecule has 1 aromatic carbocycles. The maximum Gasteiger partial charge on any atom is 0.211 e. The Bertz CT molecular complexity index is 1070. The van der Waals surface area contributed by atoms with Crippen LogP contribution in [0.1, 0.15) is 53.6 Å². The van der Waals surface area contributed by atoms with Crippen LogP contribution in [0, 0.1) is 11.3 Å². The quantitative estimate of drug-likeness (QED) is 0.703. The molecule has 0 unspecified atom stereocenters. The first kappa shape index (κ1) is 19.4. The van der Waals surface area contributed by atoms with E-state index in [1.807, 2.05) is 20.8 Å². The molecule has 0 atom stereocenters. The highest BCUT2D eigenvalue weighted by molar-refractivity contribution is 6.11. The van der Waals surface area contributed by atoms with E-state index in [1.165, 1.54) is 0 Å². The number of ketones is 1. The summed E-state index contributed by atoms with van der Waals surface area (Å²) in [4.78, 5) is 22.0. The second kappa shape index (κ2) is 7.33. The van der Waals surface area contributed by atoms with E-state index in [-0.39, 0.29) is 11.2 Å². The first-order valence-electron chi connectivity index (χ1n) is 8.89. The van der Waals surface area contributed by atoms with Gasteiger partial charge in [0.25, 0.3) is 0 Å². The van der Waals surface area contributed by atoms with Gasteiger partial charge in [-0.3, -0.25) is 9.48 Å². The minimum absolute atomic E-state index is 0.186. The lowest BCUT2D eigenvalue weighted by molar-refractivity contribution is 0.103. The van der Waals surface area contributed by atoms with Gasteiger partial charge in [-0.1, -0.05) is 20.8 Å². The molecule has 0 saturated heterocycles. The zero-order valence-electron chi connectivity index (χ0n) is 16.4. The lowest BCUT2D eigenvalue weighted by Gasteiger charge is -2.13. The van der Waals surface area contributed by atoms with Crippen LogP contribution in [-0.2, 0) is 19.0 Å². The van der Waals surface area contributed by atoms with Gasteiger partial charge in [-0.15, -0.1) is 0 Å². The number of hydrogen-bond acceptors (Lipinski definition) is 6. The number of hydrogen-bond donors (Lipinski definition) is 1. The van der Waals surface area contributed by atoms with Crippen LogP contribution in [0.25, 0.3) is 11.4 Å². The summed E-state index contributed by atoms with van der Waals surface area (Å²) in [6.45, 7) is 6.46. The zero-order valence-corrected chi connectivity index (χ0v) is 16.4. The Morgan fingerprint density at radius 2 is 1.89 bits per heavy atom. The summed E-state index contributed by atoms with van der Waals surface area (Å²) in [7, 11) is 1.74. The van der Waals surface area contributed by atoms with Gasteiger partial charge in [0, 0.05) is 48.1 Å². The molecular formula is C21H22N6O. The van der Waals surface area contributed by atoms with Gasteiger partial charge in [0.1, 0.15) is 5.69 Å². The van der Waals surface area contributed by atoms with Gasteiger partial charge in [-0.2, -0.15) is 10.4 Å². The van der Waals surface area contributed by atoms with Crippen LogP contribution in [0.15, 0.2) is 36.7 Å². The van der Waals surface area contributed by atoms with E-state index in [0.29, 0.717) is 34.8 Å². The van der Waals surface area contributed by atoms with Gasteiger partial charge >= 0.3 is 0 Å². The van der Waals surface area contributed by atoms with E-state index < -0.39 is 0 Å². The third kappa shape index (κ3) is 3.68. The number of nitriles is 1. The second-order valence-electron chi connectivity index (χ2n) is 7.61. The lowest BCUT2D eigenvalue weighted by Crippen LogP contribution is -2.12. The summed E-state index contributed by atoms with van der Waals surface area (Å²) in [6.07, 6.45) is 3.27. The number of nitrogens with zero attached hydrogens (tertiary/aromatic N) is 5. The maximum atomic E-state index is 13.3. The Morgan fingerprint density at radius 3 is 2.43 bits per heavy atom. The maximum absolute atomic E-state index is 13.3. The van der Waals surface area contributed by atoms with E-state index in [2.05, 4.69) is 21.1 Å². The number of rotatable bonds is 4. The molecule has 0 radical (unpaired) electrons. The van der Waals surface area contributed by atoms with Crippen molar-refractivity contribution in [1.82, 2.24) is 19.7 Å². The SMILES string of the molecule is Cn1nc(C(C)(C)C)cc1C(=O)c1cc(C#N)ccc1-c1ncc(CN)cn1. The van der Waals surface area contributed by atoms with Gasteiger partial charge in [0.05, 0.1) is 17.3 Å². The van der Waals surface area contributed by atoms with Crippen molar-refractivity contribution in [1.29, 1.82) is 5.26 Å². The molecule has 0 saturated carbocycles. The van der Waals surface area contributed by atoms with Crippen molar-refractivity contribution in [3.8, 4) is 17.5 Å². The number of carbonyl (C=O) groups is 1. The largest absolute Gasteiger partial charge is 0.326 e. The number of carbonyl (C=O) groups excluding carboxylic acids is 1. The molecule has 0 aliphatic rings. The molecule has 7 heteroatoms. The van der Waals surface area contributed by atoms with Crippen LogP contribution in [-0.4, -0.2) is 25.5 Å². The standard InChI is InChI=1S/C21H22N6O/c1-21(2,3)18-8-17(27(4)26-18)19(28)16-7-13(9-22)5-6-15(16)20-24-11-14(10-23)12-25-20/h5-8,11-12H,10,23H2,1-4H3. The Hall–Kier alpha value is -3.37. The second-order valence-corrected chi connectivity index (χ2v) is 7.61. The molecule has 0 bridgehead atoms. The van der Waals surface area contributed by atoms with Gasteiger partial charge in [-0.05, 0) is 24.3 Å². The normalized spacial score (nSPS) is 11.3. The highest BCUT2D eigenvalue weighted by Crippen LogP contribution is 2.27. The summed E-state index contributed by atoms with van der Waals surface area (Å²) in [5.41, 5.74) is 8.80. The third-order valence-electron chi connectivity index (χ3n) is 4.46. The molecule has 0 aliphatic heterocycles. The fourth-order valence-corrected chi connectivity index (χ4v) is 2.78. The Labute approximate surface area is 163 Å². The molecule has 3 rings (SSSR count). The molecule has 0 fully saturated rings. The topological polar surface area (TPSA) is 110 Å². The average Bonchev–Trinajstić information content (AvgIpc) is 3.09. The summed E-state index contributed by atoms with van der Waals surface area (Å²) in [5.74, 6) is 0.173. The highest BCUT2D eigenvalue weighted by atomic mass is 16.1. The number of nitrogens with two attached hydrogens (primary N) is 1. The van der Waals surface area contributed by atoms with Crippen molar-refractivity contribution < 1.29 is 4.79 Å². The fourth-order valence-electron chi connectivity index (χ4n) is 2.78. The van der Waals surface area contributed by atoms with E-state index in [4.69, 9.17) is 5.73 Å². The number of benzene rings is 1. The molecule has 0 spiro atoms. The molecule has 142 valence electrons. The predicted octanol–water partition coefficient (Wildman–Crippen LogP) is 2.74. The van der Waals surface area contributed by atoms with E-state index in [0.717, 1.165) is 11.3 Å². The van der Waals surface area contributed by atoms with Crippen molar-refractivity contribution >= 4 is 5.78 Å². The van der Waals surface area contributed by atoms with Crippen molar-refractivity contribution in [3.63, 3.8) is 0 Å². The van der Waals surface area contributed by atoms with E-state index in [1.54, 1.807) is 48.4 Å². The number of aromatic nitrogens is 4. The highest BCUT2D eigenvalue weighted by Gasteiger charge is 2.24. The van der Waals surface area contributed by atoms with Gasteiger partial charge in [0.2, 0.25) is 5.78 Å². The minimum atomic E-state index is -0.232. The van der Waals surface area contributed by atoms with Crippen LogP contribution in [0.5, 0.6) is 0 Å². The molecule has 2 aromatic heterocycles. The summed E-state index contributed by atoms with van der Waals surface area (Å²) < 4.78 is 1.57. The first-order valence-corrected chi connectivity index (χ1v) is 8.89. The van der Waals surface area contributed by atoms with Gasteiger partial charge < -0.3 is 5.73 Å². The van der Waals surface area contributed by atoms with Crippen LogP contribution < -0.4 is 5.73 Å². The molecule has 0 aliphatic carbocycles. The molecular weight excluding hydrogens is 352 g/mol. The summed E-state index contributed by atoms with van der Waals surface area (Å²) in [6, 6.07) is 8.80. The molecule has 0 amide bonds. The zero-order chi connectivity index (χ0) is 20.5. The Balaban J connectivity index is 2.13. The number of aryl methyl sites for hydroxylation is 1. The molecule has 2 heterocycles. The van der Waals surface area contributed by atoms with Crippen LogP contribution in [0.2, 0.25) is 0 Å². The van der Waals surface area contributed by atoms with Gasteiger partial charge in [-0.25, -0.2) is 9.97 Å². The predicted molar refractivity (Wildman–Crippen MR) is 105 cm³/mol. The summed E-state index contributed by atoms with van der Waals surface area (Å²) >= 11 is 0. The van der Waals surface area contributed by atoms with Crippen LogP contribution >= 0.6 is 0 Å². The van der Waals surface area contributed by atoms with Crippen molar-refractivity contribution in [2.24, 2.45) is 12.8 Å². The average molecular weight is 374 g/mol. The van der Waals surface area contributed by atoms with Crippen molar-refractivity contribution in [2.75, 3.05) is 0 Å². The Kier molecular flexibility index (Phi) is 5.08. The Morgan fingerprint density at radius 1 is 1.21 bits per heavy atom. The van der Waals surface area contributed by atoms with Crippen LogP contribution in [0.3, 0.4) is 0 Å². The molecule has 2 N–H and O–H groups in total. The minimum Gasteiger partial charge on any atom is -0.326 e. The fraction of sp³-hybridized carbons (Fsp3) is 0.286. The van der Waals surface area contributed by atoms with Crippen molar-refractivity contribution in [2.45, 2.75) is 32.7 Å². The molecule has 28 heavy (non-hydrogen) atoms. The third-order valence-corrected chi connectivity index (χ3v) is 4.46. The van der Waals surface area contributed by atoms with Crippen LogP contribution in [0.4, 0.5) is 0 Å². The van der Waals surface area contributed by atoms with Crippen molar-refractivity contribution in [3.05, 3.63) is 64.7 Å². The smallest absolute Gasteiger partial charge is 0.211 e. The summed E-state index contributed by atoms with van der Waals surface area (Å²) in [5, 5.41) is 13.8. The molecule has 3 aromatic rings. The first-order chi connectivity index (χ1) is 13.2. The lowest BCUT2D eigenvalue weighted by atomic mass is 9.91. The van der Waals surface area contributed by atoms with Gasteiger partial charge in [0.15, 0.2) is 5.82 Å². The monoisotopic (exact) mass is 374 g/mol. The van der Waals surface area contributed by atoms with E-state index in [9.17, 15) is 10.1 Å². The van der Waals surface area contributed by atoms with E-state index >= 15 is 0 Å². The molecule has 7 nitrogen and oxygen atoms in total.